The number of methoxy groups -OCH3 is 1. The number of hydrogen-bond acceptors (Lipinski definition) is 29. The van der Waals surface area contributed by atoms with Crippen LogP contribution in [0.2, 0.25) is 0 Å². The number of nitrogens with one attached hydrogen (secondary N) is 8. The summed E-state index contributed by atoms with van der Waals surface area (Å²) < 4.78 is 76.5. The second-order valence-electron chi connectivity index (χ2n) is 30.3. The van der Waals surface area contributed by atoms with E-state index >= 15 is 0 Å². The first kappa shape index (κ1) is 107. The highest BCUT2D eigenvalue weighted by atomic mass is 16.6. The summed E-state index contributed by atoms with van der Waals surface area (Å²) in [5.41, 5.74) is 16.5. The molecule has 1 aromatic heterocycles. The van der Waals surface area contributed by atoms with Crippen molar-refractivity contribution in [2.24, 2.45) is 22.4 Å². The predicted molar refractivity (Wildman–Crippen MR) is 481 cm³/mol. The fourth-order valence-electron chi connectivity index (χ4n) is 13.1. The highest BCUT2D eigenvalue weighted by Gasteiger charge is 2.32. The summed E-state index contributed by atoms with van der Waals surface area (Å²) in [5.74, 6) is -6.26. The molecule has 0 aliphatic carbocycles. The third kappa shape index (κ3) is 41.3. The van der Waals surface area contributed by atoms with Crippen LogP contribution in [-0.4, -0.2) is 322 Å². The highest BCUT2D eigenvalue weighted by molar-refractivity contribution is 6.28. The van der Waals surface area contributed by atoms with Gasteiger partial charge in [0.05, 0.1) is 208 Å². The molecule has 0 unspecified atom stereocenters. The fraction of sp³-hybridized carbons (Fsp3) is 0.556. The summed E-state index contributed by atoms with van der Waals surface area (Å²) in [7, 11) is 1.63. The van der Waals surface area contributed by atoms with Crippen molar-refractivity contribution in [3.8, 4) is 0 Å². The maximum absolute atomic E-state index is 14.2. The molecule has 3 aliphatic heterocycles. The minimum Gasteiger partial charge on any atom is -0.445 e. The Labute approximate surface area is 763 Å². The van der Waals surface area contributed by atoms with Crippen molar-refractivity contribution in [3.63, 3.8) is 0 Å². The third-order valence-electron chi connectivity index (χ3n) is 19.8. The van der Waals surface area contributed by atoms with Crippen molar-refractivity contribution in [2.75, 3.05) is 234 Å². The standard InChI is InChI=1S/C90H129N15O26/c1-6-25-103(26-7-2)88(115)68-53-66-12-13-67(55-76(66)100-77(91)56-68)84(111)99-71-54-69-61-104(27-22-74(69)95-58-71)90(117)131-62-64-10-16-70(17-11-64)98-86(113)75(9-8-23-94-89(92)116)101-87(114)83(63(3)4)102-78(106)19-15-65-14-18-72(105-81(109)20-21-82(105)110)57-73(65)85(112)97-60-80(108)96-59-79(107)93-24-28-119-31-32-121-35-36-123-39-40-125-43-44-127-47-48-129-51-52-130-50-49-128-46-45-126-42-41-124-38-37-122-34-33-120-30-29-118-5/h10-14,16-18,20-21,53-55,57-58,63,75,83H,6-9,15,19,22-52,56,59-62H2,1-5H3,(H2,91,100)(H,93,107)(H,96,108)(H,97,112)(H,98,113)(H,99,111)(H,101,114)(H,102,106)(H3,92,94,116)/t75-,83-/m0/s1. The van der Waals surface area contributed by atoms with Crippen LogP contribution in [0.3, 0.4) is 0 Å². The van der Waals surface area contributed by atoms with Crippen LogP contribution in [0.15, 0.2) is 95.6 Å². The zero-order valence-corrected chi connectivity index (χ0v) is 75.6. The van der Waals surface area contributed by atoms with Crippen LogP contribution in [0.5, 0.6) is 0 Å². The number of ether oxygens (including phenoxy) is 14. The molecule has 0 bridgehead atoms. The molecule has 12 N–H and O–H groups in total. The Hall–Kier alpha value is -11.3. The molecule has 0 spiro atoms. The van der Waals surface area contributed by atoms with Gasteiger partial charge in [0, 0.05) is 105 Å². The monoisotopic (exact) mass is 1840 g/mol. The number of aliphatic imine (C=N–C) groups is 1. The Morgan fingerprint density at radius 2 is 1.10 bits per heavy atom. The summed E-state index contributed by atoms with van der Waals surface area (Å²) in [6.45, 7) is 18.7. The van der Waals surface area contributed by atoms with Crippen molar-refractivity contribution < 1.29 is 124 Å². The van der Waals surface area contributed by atoms with Gasteiger partial charge in [-0.3, -0.25) is 52.9 Å². The number of urea groups is 1. The Balaban J connectivity index is 0.745. The molecule has 2 atom stereocenters. The molecule has 3 aromatic carbocycles. The summed E-state index contributed by atoms with van der Waals surface area (Å²) >= 11 is 0. The average molecular weight is 1840 g/mol. The van der Waals surface area contributed by atoms with E-state index in [0.29, 0.717) is 216 Å². The number of anilines is 3. The number of benzene rings is 3. The highest BCUT2D eigenvalue weighted by Crippen LogP contribution is 2.31. The number of amides is 13. The lowest BCUT2D eigenvalue weighted by molar-refractivity contribution is -0.132. The minimum atomic E-state index is -1.21. The molecule has 41 heteroatoms. The van der Waals surface area contributed by atoms with E-state index < -0.39 is 96.4 Å². The van der Waals surface area contributed by atoms with E-state index in [2.05, 4.69) is 52.5 Å². The zero-order chi connectivity index (χ0) is 94.2. The first-order chi connectivity index (χ1) is 63.5. The Kier molecular flexibility index (Phi) is 50.6. The van der Waals surface area contributed by atoms with Gasteiger partial charge in [-0.2, -0.15) is 0 Å². The molecule has 0 saturated carbocycles. The number of nitrogens with two attached hydrogens (primary N) is 2. The number of rotatable bonds is 67. The first-order valence-electron chi connectivity index (χ1n) is 44.2. The zero-order valence-electron chi connectivity index (χ0n) is 75.6. The number of primary amides is 1. The molecule has 7 rings (SSSR count). The van der Waals surface area contributed by atoms with Gasteiger partial charge in [-0.25, -0.2) is 19.5 Å². The Bertz CT molecular complexity index is 4360. The topological polar surface area (TPSA) is 517 Å². The number of imide groups is 1. The third-order valence-corrected chi connectivity index (χ3v) is 19.8. The van der Waals surface area contributed by atoms with Crippen LogP contribution in [-0.2, 0) is 131 Å². The fourth-order valence-corrected chi connectivity index (χ4v) is 13.1. The summed E-state index contributed by atoms with van der Waals surface area (Å²) in [6, 6.07) is 14.1. The summed E-state index contributed by atoms with van der Waals surface area (Å²) in [4.78, 5) is 173. The lowest BCUT2D eigenvalue weighted by Crippen LogP contribution is -2.54. The van der Waals surface area contributed by atoms with Crippen LogP contribution >= 0.6 is 0 Å². The molecule has 41 nitrogen and oxygen atoms in total. The Morgan fingerprint density at radius 3 is 1.64 bits per heavy atom. The van der Waals surface area contributed by atoms with E-state index in [0.717, 1.165) is 35.6 Å². The van der Waals surface area contributed by atoms with Gasteiger partial charge in [0.1, 0.15) is 24.5 Å². The molecule has 720 valence electrons. The largest absolute Gasteiger partial charge is 0.445 e. The van der Waals surface area contributed by atoms with Crippen molar-refractivity contribution in [1.29, 1.82) is 0 Å². The van der Waals surface area contributed by atoms with Gasteiger partial charge < -0.3 is 130 Å². The Morgan fingerprint density at radius 1 is 0.557 bits per heavy atom. The van der Waals surface area contributed by atoms with E-state index in [1.165, 1.54) is 23.1 Å². The van der Waals surface area contributed by atoms with Crippen LogP contribution < -0.4 is 58.9 Å². The molecule has 131 heavy (non-hydrogen) atoms. The molecule has 0 fully saturated rings. The van der Waals surface area contributed by atoms with Gasteiger partial charge in [0.15, 0.2) is 0 Å². The van der Waals surface area contributed by atoms with E-state index in [9.17, 15) is 57.5 Å². The number of aromatic nitrogens is 1. The van der Waals surface area contributed by atoms with Crippen molar-refractivity contribution in [3.05, 3.63) is 130 Å². The number of carbonyl (C=O) groups is 12. The number of carbonyl (C=O) groups excluding carboxylic acids is 12. The first-order valence-corrected chi connectivity index (χ1v) is 44.2. The smallest absolute Gasteiger partial charge is 0.410 e. The number of fused-ring (bicyclic) bond motifs is 2. The molecule has 4 aromatic rings. The average Bonchev–Trinajstić information content (AvgIpc) is 1.79. The summed E-state index contributed by atoms with van der Waals surface area (Å²) in [5, 5.41) is 21.2. The maximum Gasteiger partial charge on any atom is 0.410 e. The SMILES string of the molecule is CCCN(CCC)C(=O)C1=Cc2ccc(C(=O)Nc3cnc4c(c3)CN(C(=O)OCc3ccc(NC(=O)[C@H](CCCNC(N)=O)NC(=O)[C@@H](NC(=O)CCc5ccc(N6C(=O)C=CC6=O)cc5C(=O)NCC(=O)NCC(=O)NCCOCCOCCOCCOCCOCCOCCOCCOCCOCCOCCOCCOCCOC)C(C)C)cc3)CC4)cc2N=C(N)C1. The van der Waals surface area contributed by atoms with Gasteiger partial charge in [-0.15, -0.1) is 0 Å². The molecular formula is C90H129N15O26. The minimum absolute atomic E-state index is 0.0102. The number of amidine groups is 1. The number of nitrogens with zero attached hydrogens (tertiary/aromatic N) is 5. The molecule has 0 radical (unpaired) electrons. The molecule has 4 heterocycles. The van der Waals surface area contributed by atoms with E-state index in [1.54, 1.807) is 81.8 Å². The molecule has 3 aliphatic rings. The van der Waals surface area contributed by atoms with Crippen molar-refractivity contribution >= 4 is 106 Å². The van der Waals surface area contributed by atoms with E-state index in [1.807, 2.05) is 18.7 Å². The second-order valence-corrected chi connectivity index (χ2v) is 30.3. The van der Waals surface area contributed by atoms with Crippen LogP contribution in [0.25, 0.3) is 6.08 Å². The van der Waals surface area contributed by atoms with Gasteiger partial charge in [-0.05, 0) is 103 Å². The van der Waals surface area contributed by atoms with Crippen LogP contribution in [0.4, 0.5) is 32.3 Å². The molecule has 0 saturated heterocycles. The second kappa shape index (κ2) is 62.1. The van der Waals surface area contributed by atoms with E-state index in [4.69, 9.17) is 77.8 Å². The van der Waals surface area contributed by atoms with Gasteiger partial charge in [0.25, 0.3) is 23.6 Å². The van der Waals surface area contributed by atoms with Crippen molar-refractivity contribution in [1.82, 2.24) is 46.7 Å². The lowest BCUT2D eigenvalue weighted by atomic mass is 9.99. The quantitative estimate of drug-likeness (QED) is 0.0224. The number of aryl methyl sites for hydroxylation is 1. The van der Waals surface area contributed by atoms with Crippen LogP contribution in [0, 0.1) is 5.92 Å². The lowest BCUT2D eigenvalue weighted by Gasteiger charge is -2.28. The molecule has 13 amide bonds. The van der Waals surface area contributed by atoms with Crippen LogP contribution in [0.1, 0.15) is 115 Å². The van der Waals surface area contributed by atoms with E-state index in [-0.39, 0.29) is 107 Å². The molecular weight excluding hydrogens is 1710 g/mol. The summed E-state index contributed by atoms with van der Waals surface area (Å²) in [6.07, 6.45) is 6.84. The maximum atomic E-state index is 14.2. The van der Waals surface area contributed by atoms with Gasteiger partial charge in [-0.1, -0.05) is 52.0 Å². The normalized spacial score (nSPS) is 13.3. The predicted octanol–water partition coefficient (Wildman–Crippen LogP) is 3.34. The van der Waals surface area contributed by atoms with Gasteiger partial charge >= 0.3 is 12.1 Å². The number of pyridine rings is 1. The number of hydrogen-bond donors (Lipinski definition) is 10. The van der Waals surface area contributed by atoms with Crippen molar-refractivity contribution in [2.45, 2.75) is 104 Å². The van der Waals surface area contributed by atoms with Gasteiger partial charge in [0.2, 0.25) is 35.4 Å².